The molecule has 0 aromatic heterocycles. The van der Waals surface area contributed by atoms with Gasteiger partial charge in [-0.1, -0.05) is 10.3 Å². The highest BCUT2D eigenvalue weighted by atomic mass is 16.6. The second-order valence-electron chi connectivity index (χ2n) is 2.81. The smallest absolute Gasteiger partial charge is 0.166 e. The first-order valence-electron chi connectivity index (χ1n) is 4.38. The molecular formula is C10H12N2O4. The lowest BCUT2D eigenvalue weighted by atomic mass is 10.1. The number of nitrogens with zero attached hydrogens (tertiary/aromatic N) is 2. The van der Waals surface area contributed by atoms with Crippen molar-refractivity contribution in [2.45, 2.75) is 0 Å². The molecule has 0 amide bonds. The first-order valence-corrected chi connectivity index (χ1v) is 4.38. The van der Waals surface area contributed by atoms with Crippen LogP contribution in [0.1, 0.15) is 11.1 Å². The zero-order chi connectivity index (χ0) is 12.0. The second kappa shape index (κ2) is 5.59. The average molecular weight is 224 g/mol. The number of phenols is 2. The number of benzene rings is 1. The van der Waals surface area contributed by atoms with Gasteiger partial charge in [0.2, 0.25) is 0 Å². The van der Waals surface area contributed by atoms with Gasteiger partial charge in [0.05, 0.1) is 12.4 Å². The largest absolute Gasteiger partial charge is 0.504 e. The van der Waals surface area contributed by atoms with Crippen LogP contribution in [0.3, 0.4) is 0 Å². The summed E-state index contributed by atoms with van der Waals surface area (Å²) in [6.07, 6.45) is 2.67. The first-order chi connectivity index (χ1) is 7.69. The average Bonchev–Trinajstić information content (AvgIpc) is 2.28. The molecule has 0 aliphatic carbocycles. The summed E-state index contributed by atoms with van der Waals surface area (Å²) in [5.41, 5.74) is 0.883. The molecule has 0 bridgehead atoms. The van der Waals surface area contributed by atoms with Crippen LogP contribution in [0.5, 0.6) is 11.5 Å². The van der Waals surface area contributed by atoms with E-state index in [0.717, 1.165) is 0 Å². The highest BCUT2D eigenvalue weighted by Crippen LogP contribution is 2.28. The van der Waals surface area contributed by atoms with E-state index in [1.54, 1.807) is 6.07 Å². The lowest BCUT2D eigenvalue weighted by molar-refractivity contribution is 0.215. The molecule has 0 saturated heterocycles. The van der Waals surface area contributed by atoms with Gasteiger partial charge in [-0.3, -0.25) is 0 Å². The molecule has 6 nitrogen and oxygen atoms in total. The van der Waals surface area contributed by atoms with Gasteiger partial charge in [-0.15, -0.1) is 0 Å². The third kappa shape index (κ3) is 2.88. The fourth-order valence-corrected chi connectivity index (χ4v) is 1.06. The van der Waals surface area contributed by atoms with Crippen molar-refractivity contribution < 1.29 is 19.9 Å². The molecule has 0 aliphatic heterocycles. The van der Waals surface area contributed by atoms with Crippen molar-refractivity contribution >= 4 is 12.4 Å². The Labute approximate surface area is 92.4 Å². The number of hydrogen-bond donors (Lipinski definition) is 2. The predicted octanol–water partition coefficient (Wildman–Crippen LogP) is 1.06. The minimum absolute atomic E-state index is 0.266. The predicted molar refractivity (Wildman–Crippen MR) is 59.0 cm³/mol. The summed E-state index contributed by atoms with van der Waals surface area (Å²) in [5.74, 6) is -0.534. The van der Waals surface area contributed by atoms with Gasteiger partial charge in [0.15, 0.2) is 11.5 Å². The standard InChI is InChI=1S/C10H12N2O4/c1-15-11-5-7-3-8(6-12-16-2)10(14)9(13)4-7/h3-6,13-14H,1-2H3. The Morgan fingerprint density at radius 1 is 1.06 bits per heavy atom. The molecular weight excluding hydrogens is 212 g/mol. The molecule has 1 aromatic carbocycles. The SMILES string of the molecule is CON=Cc1cc(O)c(O)c(C=NOC)c1. The number of phenolic OH excluding ortho intramolecular Hbond substituents is 2. The van der Waals surface area contributed by atoms with Crippen molar-refractivity contribution in [3.63, 3.8) is 0 Å². The van der Waals surface area contributed by atoms with Crippen molar-refractivity contribution in [3.8, 4) is 11.5 Å². The van der Waals surface area contributed by atoms with Crippen LogP contribution in [-0.4, -0.2) is 36.9 Å². The van der Waals surface area contributed by atoms with Gasteiger partial charge in [0, 0.05) is 11.1 Å². The Hall–Kier alpha value is -2.24. The molecule has 0 spiro atoms. The summed E-state index contributed by atoms with van der Waals surface area (Å²) in [6.45, 7) is 0. The van der Waals surface area contributed by atoms with E-state index in [0.29, 0.717) is 11.1 Å². The fourth-order valence-electron chi connectivity index (χ4n) is 1.06. The minimum Gasteiger partial charge on any atom is -0.504 e. The van der Waals surface area contributed by atoms with Gasteiger partial charge in [-0.25, -0.2) is 0 Å². The molecule has 0 radical (unpaired) electrons. The highest BCUT2D eigenvalue weighted by Gasteiger charge is 2.06. The van der Waals surface area contributed by atoms with E-state index in [1.165, 1.54) is 32.7 Å². The molecule has 86 valence electrons. The molecule has 0 unspecified atom stereocenters. The summed E-state index contributed by atoms with van der Waals surface area (Å²) in [4.78, 5) is 8.98. The molecule has 0 atom stereocenters. The maximum atomic E-state index is 9.50. The third-order valence-electron chi connectivity index (χ3n) is 1.75. The van der Waals surface area contributed by atoms with Gasteiger partial charge in [0.25, 0.3) is 0 Å². The van der Waals surface area contributed by atoms with Gasteiger partial charge in [-0.2, -0.15) is 0 Å². The third-order valence-corrected chi connectivity index (χ3v) is 1.75. The molecule has 1 aromatic rings. The van der Waals surface area contributed by atoms with Crippen LogP contribution in [-0.2, 0) is 9.68 Å². The molecule has 16 heavy (non-hydrogen) atoms. The van der Waals surface area contributed by atoms with Crippen molar-refractivity contribution in [3.05, 3.63) is 23.3 Å². The van der Waals surface area contributed by atoms with Crippen LogP contribution in [0.2, 0.25) is 0 Å². The maximum Gasteiger partial charge on any atom is 0.166 e. The number of rotatable bonds is 4. The van der Waals surface area contributed by atoms with Crippen LogP contribution in [0.4, 0.5) is 0 Å². The number of oxime groups is 2. The molecule has 6 heteroatoms. The van der Waals surface area contributed by atoms with E-state index < -0.39 is 0 Å². The lowest BCUT2D eigenvalue weighted by Gasteiger charge is -2.03. The Morgan fingerprint density at radius 3 is 2.31 bits per heavy atom. The monoisotopic (exact) mass is 224 g/mol. The summed E-state index contributed by atoms with van der Waals surface area (Å²) < 4.78 is 0. The zero-order valence-electron chi connectivity index (χ0n) is 8.91. The fraction of sp³-hybridized carbons (Fsp3) is 0.200. The number of aromatic hydroxyl groups is 2. The Kier molecular flexibility index (Phi) is 4.14. The van der Waals surface area contributed by atoms with Gasteiger partial charge in [0.1, 0.15) is 14.2 Å². The van der Waals surface area contributed by atoms with E-state index in [9.17, 15) is 10.2 Å². The van der Waals surface area contributed by atoms with Gasteiger partial charge >= 0.3 is 0 Å². The molecule has 1 rings (SSSR count). The van der Waals surface area contributed by atoms with Gasteiger partial charge < -0.3 is 19.9 Å². The molecule has 0 fully saturated rings. The Morgan fingerprint density at radius 2 is 1.69 bits per heavy atom. The normalized spacial score (nSPS) is 11.1. The zero-order valence-corrected chi connectivity index (χ0v) is 8.91. The minimum atomic E-state index is -0.268. The molecule has 0 aliphatic rings. The van der Waals surface area contributed by atoms with E-state index >= 15 is 0 Å². The van der Waals surface area contributed by atoms with Crippen LogP contribution in [0.15, 0.2) is 22.4 Å². The maximum absolute atomic E-state index is 9.50. The first kappa shape index (κ1) is 11.8. The Bertz CT molecular complexity index is 416. The number of hydrogen-bond acceptors (Lipinski definition) is 6. The van der Waals surface area contributed by atoms with Crippen molar-refractivity contribution in [1.82, 2.24) is 0 Å². The van der Waals surface area contributed by atoms with Crippen LogP contribution >= 0.6 is 0 Å². The van der Waals surface area contributed by atoms with Crippen molar-refractivity contribution in [1.29, 1.82) is 0 Å². The van der Waals surface area contributed by atoms with Crippen molar-refractivity contribution in [2.75, 3.05) is 14.2 Å². The highest BCUT2D eigenvalue weighted by molar-refractivity contribution is 5.90. The summed E-state index contributed by atoms with van der Waals surface area (Å²) in [6, 6.07) is 2.92. The van der Waals surface area contributed by atoms with Crippen LogP contribution < -0.4 is 0 Å². The Balaban J connectivity index is 3.11. The lowest BCUT2D eigenvalue weighted by Crippen LogP contribution is -1.89. The topological polar surface area (TPSA) is 83.6 Å². The molecule has 2 N–H and O–H groups in total. The summed E-state index contributed by atoms with van der Waals surface area (Å²) in [5, 5.41) is 26.0. The van der Waals surface area contributed by atoms with Crippen molar-refractivity contribution in [2.24, 2.45) is 10.3 Å². The van der Waals surface area contributed by atoms with E-state index in [1.807, 2.05) is 0 Å². The molecule has 0 saturated carbocycles. The van der Waals surface area contributed by atoms with E-state index in [4.69, 9.17) is 0 Å². The van der Waals surface area contributed by atoms with Gasteiger partial charge in [-0.05, 0) is 12.1 Å². The van der Waals surface area contributed by atoms with E-state index in [-0.39, 0.29) is 11.5 Å². The van der Waals surface area contributed by atoms with Crippen LogP contribution in [0, 0.1) is 0 Å². The quantitative estimate of drug-likeness (QED) is 0.455. The van der Waals surface area contributed by atoms with E-state index in [2.05, 4.69) is 20.0 Å². The molecule has 0 heterocycles. The second-order valence-corrected chi connectivity index (χ2v) is 2.81. The summed E-state index contributed by atoms with van der Waals surface area (Å²) >= 11 is 0. The van der Waals surface area contributed by atoms with Crippen LogP contribution in [0.25, 0.3) is 0 Å². The summed E-state index contributed by atoms with van der Waals surface area (Å²) in [7, 11) is 2.79.